The summed E-state index contributed by atoms with van der Waals surface area (Å²) in [6.07, 6.45) is 3.41. The molecule has 0 aliphatic carbocycles. The van der Waals surface area contributed by atoms with E-state index in [2.05, 4.69) is 10.2 Å². The molecule has 0 atom stereocenters. The van der Waals surface area contributed by atoms with Crippen LogP contribution in [-0.4, -0.2) is 39.5 Å². The lowest BCUT2D eigenvalue weighted by Crippen LogP contribution is -2.28. The maximum Gasteiger partial charge on any atom is 0.270 e. The predicted octanol–water partition coefficient (Wildman–Crippen LogP) is 5.26. The molecule has 0 aliphatic heterocycles. The summed E-state index contributed by atoms with van der Waals surface area (Å²) in [5.41, 5.74) is 2.51. The molecule has 1 aromatic heterocycles. The van der Waals surface area contributed by atoms with Crippen LogP contribution in [0.15, 0.2) is 48.5 Å². The topological polar surface area (TPSA) is 92.1 Å². The van der Waals surface area contributed by atoms with Crippen LogP contribution >= 0.6 is 11.6 Å². The number of carbonyl (C=O) groups excluding carboxylic acids is 1. The molecule has 2 aromatic carbocycles. The Morgan fingerprint density at radius 3 is 2.71 bits per heavy atom. The van der Waals surface area contributed by atoms with Crippen molar-refractivity contribution in [3.05, 3.63) is 80.7 Å². The summed E-state index contributed by atoms with van der Waals surface area (Å²) in [4.78, 5) is 24.3. The number of hydrogen-bond donors (Lipinski definition) is 1. The number of hydrogen-bond acceptors (Lipinski definition) is 4. The molecule has 1 N–H and O–H groups in total. The van der Waals surface area contributed by atoms with Gasteiger partial charge in [-0.1, -0.05) is 30.2 Å². The van der Waals surface area contributed by atoms with Gasteiger partial charge in [0.2, 0.25) is 0 Å². The number of H-pyrrole nitrogens is 1. The number of halogens is 2. The van der Waals surface area contributed by atoms with Crippen molar-refractivity contribution in [3.8, 4) is 11.3 Å². The molecule has 0 fully saturated rings. The number of aryl methyl sites for hydroxylation is 1. The minimum Gasteiger partial charge on any atom is -0.342 e. The molecule has 0 saturated heterocycles. The van der Waals surface area contributed by atoms with E-state index in [1.807, 2.05) is 12.1 Å². The van der Waals surface area contributed by atoms with Gasteiger partial charge in [-0.3, -0.25) is 20.0 Å². The van der Waals surface area contributed by atoms with Crippen molar-refractivity contribution in [2.75, 3.05) is 13.6 Å². The first-order valence-corrected chi connectivity index (χ1v) is 10.2. The van der Waals surface area contributed by atoms with Gasteiger partial charge in [-0.2, -0.15) is 5.10 Å². The Balaban J connectivity index is 1.44. The SMILES string of the molecule is CN(CCCCCc1cc(-c2cccc(F)c2)n[nH]1)C(=O)c1ccc([N+](=O)[O-])cc1Cl. The molecule has 3 rings (SSSR count). The number of nitro benzene ring substituents is 1. The van der Waals surface area contributed by atoms with Crippen LogP contribution in [0.25, 0.3) is 11.3 Å². The molecule has 0 aliphatic rings. The Hall–Kier alpha value is -3.26. The van der Waals surface area contributed by atoms with E-state index in [0.717, 1.165) is 36.9 Å². The van der Waals surface area contributed by atoms with E-state index in [0.29, 0.717) is 12.2 Å². The predicted molar refractivity (Wildman–Crippen MR) is 117 cm³/mol. The highest BCUT2D eigenvalue weighted by Gasteiger charge is 2.18. The number of nitro groups is 1. The van der Waals surface area contributed by atoms with Crippen molar-refractivity contribution in [2.24, 2.45) is 0 Å². The molecule has 0 radical (unpaired) electrons. The molecule has 7 nitrogen and oxygen atoms in total. The molecule has 3 aromatic rings. The third-order valence-electron chi connectivity index (χ3n) is 4.93. The number of benzene rings is 2. The summed E-state index contributed by atoms with van der Waals surface area (Å²) in [6.45, 7) is 0.545. The number of aromatic nitrogens is 2. The molecule has 1 heterocycles. The van der Waals surface area contributed by atoms with Crippen LogP contribution in [0.4, 0.5) is 10.1 Å². The minimum atomic E-state index is -0.551. The lowest BCUT2D eigenvalue weighted by atomic mass is 10.1. The smallest absolute Gasteiger partial charge is 0.270 e. The van der Waals surface area contributed by atoms with Crippen LogP contribution in [-0.2, 0) is 6.42 Å². The van der Waals surface area contributed by atoms with Crippen LogP contribution < -0.4 is 0 Å². The van der Waals surface area contributed by atoms with Gasteiger partial charge in [-0.25, -0.2) is 4.39 Å². The second-order valence-electron chi connectivity index (χ2n) is 7.25. The Kier molecular flexibility index (Phi) is 7.36. The van der Waals surface area contributed by atoms with E-state index in [4.69, 9.17) is 11.6 Å². The number of unbranched alkanes of at least 4 members (excludes halogenated alkanes) is 2. The Morgan fingerprint density at radius 2 is 2.00 bits per heavy atom. The van der Waals surface area contributed by atoms with E-state index < -0.39 is 4.92 Å². The average molecular weight is 445 g/mol. The zero-order valence-corrected chi connectivity index (χ0v) is 17.7. The van der Waals surface area contributed by atoms with Crippen LogP contribution in [0.5, 0.6) is 0 Å². The van der Waals surface area contributed by atoms with Crippen LogP contribution in [0, 0.1) is 15.9 Å². The summed E-state index contributed by atoms with van der Waals surface area (Å²) in [6, 6.07) is 12.1. The van der Waals surface area contributed by atoms with E-state index in [9.17, 15) is 19.3 Å². The van der Waals surface area contributed by atoms with Gasteiger partial charge in [0.1, 0.15) is 5.82 Å². The molecule has 9 heteroatoms. The zero-order valence-electron chi connectivity index (χ0n) is 17.0. The fourth-order valence-electron chi connectivity index (χ4n) is 3.22. The highest BCUT2D eigenvalue weighted by atomic mass is 35.5. The second kappa shape index (κ2) is 10.2. The molecule has 0 spiro atoms. The standard InChI is InChI=1S/C22H22ClFN4O3/c1-27(22(29)19-10-9-18(28(30)31)14-20(19)23)11-4-2-3-8-17-13-21(26-25-17)15-6-5-7-16(24)12-15/h5-7,9-10,12-14H,2-4,8,11H2,1H3,(H,25,26). The summed E-state index contributed by atoms with van der Waals surface area (Å²) < 4.78 is 13.3. The maximum absolute atomic E-state index is 13.3. The van der Waals surface area contributed by atoms with E-state index in [1.165, 1.54) is 30.3 Å². The molecule has 0 bridgehead atoms. The lowest BCUT2D eigenvalue weighted by molar-refractivity contribution is -0.384. The highest BCUT2D eigenvalue weighted by Crippen LogP contribution is 2.24. The summed E-state index contributed by atoms with van der Waals surface area (Å²) >= 11 is 6.04. The number of aromatic amines is 1. The van der Waals surface area contributed by atoms with Crippen molar-refractivity contribution in [1.82, 2.24) is 15.1 Å². The lowest BCUT2D eigenvalue weighted by Gasteiger charge is -2.17. The summed E-state index contributed by atoms with van der Waals surface area (Å²) in [5.74, 6) is -0.566. The number of nitrogens with one attached hydrogen (secondary N) is 1. The van der Waals surface area contributed by atoms with Crippen molar-refractivity contribution in [1.29, 1.82) is 0 Å². The second-order valence-corrected chi connectivity index (χ2v) is 7.65. The molecular weight excluding hydrogens is 423 g/mol. The molecular formula is C22H22ClFN4O3. The third-order valence-corrected chi connectivity index (χ3v) is 5.24. The van der Waals surface area contributed by atoms with Gasteiger partial charge in [-0.15, -0.1) is 0 Å². The third kappa shape index (κ3) is 5.88. The van der Waals surface area contributed by atoms with Gasteiger partial charge in [0.25, 0.3) is 11.6 Å². The molecule has 31 heavy (non-hydrogen) atoms. The van der Waals surface area contributed by atoms with E-state index in [-0.39, 0.29) is 28.0 Å². The maximum atomic E-state index is 13.3. The van der Waals surface area contributed by atoms with Gasteiger partial charge >= 0.3 is 0 Å². The Bertz CT molecular complexity index is 1090. The first-order valence-electron chi connectivity index (χ1n) is 9.85. The van der Waals surface area contributed by atoms with Crippen molar-refractivity contribution >= 4 is 23.2 Å². The molecule has 162 valence electrons. The zero-order chi connectivity index (χ0) is 22.4. The molecule has 0 saturated carbocycles. The summed E-state index contributed by atoms with van der Waals surface area (Å²) in [7, 11) is 1.68. The van der Waals surface area contributed by atoms with Crippen molar-refractivity contribution < 1.29 is 14.1 Å². The first kappa shape index (κ1) is 22.4. The normalized spacial score (nSPS) is 10.8. The quantitative estimate of drug-likeness (QED) is 0.276. The van der Waals surface area contributed by atoms with Crippen LogP contribution in [0.2, 0.25) is 5.02 Å². The Labute approximate surface area is 184 Å². The van der Waals surface area contributed by atoms with Crippen LogP contribution in [0.3, 0.4) is 0 Å². The minimum absolute atomic E-state index is 0.0689. The van der Waals surface area contributed by atoms with Gasteiger partial charge in [-0.05, 0) is 43.5 Å². The van der Waals surface area contributed by atoms with E-state index >= 15 is 0 Å². The largest absolute Gasteiger partial charge is 0.342 e. The number of amides is 1. The number of non-ortho nitro benzene ring substituents is 1. The van der Waals surface area contributed by atoms with Gasteiger partial charge in [0.05, 0.1) is 21.2 Å². The monoisotopic (exact) mass is 444 g/mol. The number of carbonyl (C=O) groups is 1. The van der Waals surface area contributed by atoms with E-state index in [1.54, 1.807) is 18.0 Å². The Morgan fingerprint density at radius 1 is 1.19 bits per heavy atom. The van der Waals surface area contributed by atoms with Gasteiger partial charge in [0.15, 0.2) is 0 Å². The number of rotatable bonds is 9. The fraction of sp³-hybridized carbons (Fsp3) is 0.273. The average Bonchev–Trinajstić information content (AvgIpc) is 3.21. The summed E-state index contributed by atoms with van der Waals surface area (Å²) in [5, 5.41) is 18.1. The number of nitrogens with zero attached hydrogens (tertiary/aromatic N) is 3. The fourth-order valence-corrected chi connectivity index (χ4v) is 3.48. The first-order chi connectivity index (χ1) is 14.8. The highest BCUT2D eigenvalue weighted by molar-refractivity contribution is 6.34. The molecule has 0 unspecified atom stereocenters. The van der Waals surface area contributed by atoms with Crippen LogP contribution in [0.1, 0.15) is 35.3 Å². The van der Waals surface area contributed by atoms with Crippen molar-refractivity contribution in [2.45, 2.75) is 25.7 Å². The molecule has 1 amide bonds. The van der Waals surface area contributed by atoms with Gasteiger partial charge in [0, 0.05) is 37.0 Å². The van der Waals surface area contributed by atoms with Gasteiger partial charge < -0.3 is 4.90 Å². The van der Waals surface area contributed by atoms with Crippen molar-refractivity contribution in [3.63, 3.8) is 0 Å².